The molecule has 2 atom stereocenters. The first-order valence-corrected chi connectivity index (χ1v) is 8.74. The molecule has 26 heavy (non-hydrogen) atoms. The van der Waals surface area contributed by atoms with Gasteiger partial charge in [0.2, 0.25) is 5.91 Å². The molecule has 2 heterocycles. The molecule has 1 fully saturated rings. The number of aromatic nitrogens is 2. The third kappa shape index (κ3) is 4.34. The molecule has 1 aromatic rings. The van der Waals surface area contributed by atoms with Crippen LogP contribution in [-0.4, -0.2) is 62.9 Å². The van der Waals surface area contributed by atoms with E-state index in [9.17, 15) is 14.9 Å². The van der Waals surface area contributed by atoms with Crippen molar-refractivity contribution < 1.29 is 14.3 Å². The van der Waals surface area contributed by atoms with E-state index in [4.69, 9.17) is 4.74 Å². The van der Waals surface area contributed by atoms with Crippen LogP contribution >= 0.6 is 0 Å². The first-order chi connectivity index (χ1) is 12.0. The molecule has 142 valence electrons. The number of hydrogen-bond donors (Lipinski definition) is 0. The molecule has 2 rings (SSSR count). The second kappa shape index (κ2) is 7.36. The van der Waals surface area contributed by atoms with Gasteiger partial charge in [0, 0.05) is 18.8 Å². The van der Waals surface area contributed by atoms with Gasteiger partial charge in [-0.15, -0.1) is 0 Å². The smallest absolute Gasteiger partial charge is 0.410 e. The summed E-state index contributed by atoms with van der Waals surface area (Å²) in [7, 11) is 0. The molecule has 0 aliphatic carbocycles. The van der Waals surface area contributed by atoms with Crippen LogP contribution in [-0.2, 0) is 9.53 Å². The summed E-state index contributed by atoms with van der Waals surface area (Å²) in [6, 6.07) is 2.83. The first kappa shape index (κ1) is 19.8. The largest absolute Gasteiger partial charge is 0.444 e. The van der Waals surface area contributed by atoms with Gasteiger partial charge in [0.25, 0.3) is 0 Å². The van der Waals surface area contributed by atoms with E-state index >= 15 is 0 Å². The average molecular weight is 361 g/mol. The summed E-state index contributed by atoms with van der Waals surface area (Å²) < 4.78 is 7.03. The van der Waals surface area contributed by atoms with Gasteiger partial charge < -0.3 is 14.5 Å². The highest BCUT2D eigenvalue weighted by molar-refractivity contribution is 5.81. The lowest BCUT2D eigenvalue weighted by atomic mass is 10.1. The van der Waals surface area contributed by atoms with Crippen molar-refractivity contribution in [2.24, 2.45) is 0 Å². The van der Waals surface area contributed by atoms with E-state index in [0.717, 1.165) is 11.4 Å². The zero-order valence-electron chi connectivity index (χ0n) is 16.3. The summed E-state index contributed by atoms with van der Waals surface area (Å²) in [6.07, 6.45) is -0.462. The van der Waals surface area contributed by atoms with E-state index < -0.39 is 23.8 Å². The Bertz CT molecular complexity index is 728. The normalized spacial score (nSPS) is 19.0. The van der Waals surface area contributed by atoms with Crippen LogP contribution in [0.2, 0.25) is 0 Å². The maximum Gasteiger partial charge on any atom is 0.410 e. The van der Waals surface area contributed by atoms with Gasteiger partial charge in [-0.05, 0) is 47.6 Å². The van der Waals surface area contributed by atoms with Crippen molar-refractivity contribution in [2.45, 2.75) is 59.2 Å². The van der Waals surface area contributed by atoms with E-state index in [1.807, 2.05) is 19.9 Å². The quantitative estimate of drug-likeness (QED) is 0.804. The van der Waals surface area contributed by atoms with E-state index in [0.29, 0.717) is 13.1 Å². The lowest BCUT2D eigenvalue weighted by Crippen LogP contribution is -2.57. The molecule has 0 aromatic carbocycles. The maximum absolute atomic E-state index is 12.9. The van der Waals surface area contributed by atoms with Crippen LogP contribution in [0, 0.1) is 25.2 Å². The predicted octanol–water partition coefficient (Wildman–Crippen LogP) is 2.03. The number of aryl methyl sites for hydroxylation is 2. The Morgan fingerprint density at radius 1 is 1.35 bits per heavy atom. The van der Waals surface area contributed by atoms with Crippen LogP contribution in [0.1, 0.15) is 45.1 Å². The fourth-order valence-electron chi connectivity index (χ4n) is 3.03. The van der Waals surface area contributed by atoms with Crippen LogP contribution < -0.4 is 0 Å². The Balaban J connectivity index is 2.09. The molecule has 1 saturated heterocycles. The van der Waals surface area contributed by atoms with Crippen LogP contribution in [0.5, 0.6) is 0 Å². The number of nitriles is 1. The number of piperazine rings is 1. The highest BCUT2D eigenvalue weighted by atomic mass is 16.6. The molecule has 0 bridgehead atoms. The Labute approximate surface area is 154 Å². The highest BCUT2D eigenvalue weighted by Gasteiger charge is 2.36. The third-order valence-electron chi connectivity index (χ3n) is 4.23. The maximum atomic E-state index is 12.9. The highest BCUT2D eigenvalue weighted by Crippen LogP contribution is 2.19. The van der Waals surface area contributed by atoms with Gasteiger partial charge in [-0.2, -0.15) is 10.4 Å². The fourth-order valence-corrected chi connectivity index (χ4v) is 3.03. The summed E-state index contributed by atoms with van der Waals surface area (Å²) in [5.74, 6) is -0.174. The van der Waals surface area contributed by atoms with Crippen LogP contribution in [0.15, 0.2) is 6.07 Å². The molecule has 0 saturated carbocycles. The molecule has 8 heteroatoms. The summed E-state index contributed by atoms with van der Waals surface area (Å²) in [6.45, 7) is 11.7. The van der Waals surface area contributed by atoms with Gasteiger partial charge in [-0.25, -0.2) is 4.79 Å². The van der Waals surface area contributed by atoms with Gasteiger partial charge >= 0.3 is 6.09 Å². The van der Waals surface area contributed by atoms with Crippen molar-refractivity contribution in [2.75, 3.05) is 19.6 Å². The molecule has 2 amide bonds. The topological polar surface area (TPSA) is 91.5 Å². The molecule has 0 spiro atoms. The Morgan fingerprint density at radius 2 is 2.00 bits per heavy atom. The summed E-state index contributed by atoms with van der Waals surface area (Å²) in [5.41, 5.74) is 1.13. The number of nitrogens with zero attached hydrogens (tertiary/aromatic N) is 5. The van der Waals surface area contributed by atoms with E-state index in [-0.39, 0.29) is 12.5 Å². The Kier molecular flexibility index (Phi) is 5.59. The number of carbonyl (C=O) groups is 2. The molecular formula is C18H27N5O3. The molecule has 0 N–H and O–H groups in total. The average Bonchev–Trinajstić information content (AvgIpc) is 2.89. The second-order valence-corrected chi connectivity index (χ2v) is 7.65. The summed E-state index contributed by atoms with van der Waals surface area (Å²) in [5, 5.41) is 13.9. The minimum atomic E-state index is -0.705. The van der Waals surface area contributed by atoms with Crippen molar-refractivity contribution in [3.8, 4) is 6.07 Å². The van der Waals surface area contributed by atoms with Gasteiger partial charge in [0.15, 0.2) is 0 Å². The van der Waals surface area contributed by atoms with Crippen LogP contribution in [0.4, 0.5) is 4.79 Å². The minimum Gasteiger partial charge on any atom is -0.444 e. The fraction of sp³-hybridized carbons (Fsp3) is 0.667. The number of hydrogen-bond acceptors (Lipinski definition) is 5. The summed E-state index contributed by atoms with van der Waals surface area (Å²) in [4.78, 5) is 28.2. The molecule has 0 unspecified atom stereocenters. The van der Waals surface area contributed by atoms with E-state index in [1.54, 1.807) is 32.4 Å². The Morgan fingerprint density at radius 3 is 2.50 bits per heavy atom. The van der Waals surface area contributed by atoms with E-state index in [2.05, 4.69) is 11.2 Å². The van der Waals surface area contributed by atoms with Crippen molar-refractivity contribution >= 4 is 12.0 Å². The number of rotatable bonds is 2. The van der Waals surface area contributed by atoms with Crippen molar-refractivity contribution in [1.82, 2.24) is 19.6 Å². The van der Waals surface area contributed by atoms with E-state index in [1.165, 1.54) is 9.80 Å². The zero-order valence-corrected chi connectivity index (χ0v) is 16.3. The molecule has 0 radical (unpaired) electrons. The SMILES string of the molecule is Cc1cc(C)n([C@H](C)C(=O)N2CCN(C(=O)OC(C)(C)C)C[C@@H]2C#N)n1. The predicted molar refractivity (Wildman–Crippen MR) is 95.3 cm³/mol. The molecule has 8 nitrogen and oxygen atoms in total. The lowest BCUT2D eigenvalue weighted by Gasteiger charge is -2.39. The van der Waals surface area contributed by atoms with Crippen LogP contribution in [0.3, 0.4) is 0 Å². The first-order valence-electron chi connectivity index (χ1n) is 8.74. The van der Waals surface area contributed by atoms with Crippen molar-refractivity contribution in [3.63, 3.8) is 0 Å². The monoisotopic (exact) mass is 361 g/mol. The standard InChI is InChI=1S/C18H27N5O3/c1-12-9-13(2)23(20-12)14(3)16(24)22-8-7-21(11-15(22)10-19)17(25)26-18(4,5)6/h9,14-15H,7-8,11H2,1-6H3/t14-,15+/m1/s1. The molecule has 1 aromatic heterocycles. The van der Waals surface area contributed by atoms with Crippen molar-refractivity contribution in [3.05, 3.63) is 17.5 Å². The number of amides is 2. The molecular weight excluding hydrogens is 334 g/mol. The Hall–Kier alpha value is -2.56. The number of carbonyl (C=O) groups excluding carboxylic acids is 2. The lowest BCUT2D eigenvalue weighted by molar-refractivity contribution is -0.138. The van der Waals surface area contributed by atoms with Crippen LogP contribution in [0.25, 0.3) is 0 Å². The van der Waals surface area contributed by atoms with Gasteiger partial charge in [-0.1, -0.05) is 0 Å². The number of ether oxygens (including phenoxy) is 1. The second-order valence-electron chi connectivity index (χ2n) is 7.65. The minimum absolute atomic E-state index is 0.140. The molecule has 1 aliphatic rings. The summed E-state index contributed by atoms with van der Waals surface area (Å²) >= 11 is 0. The van der Waals surface area contributed by atoms with Gasteiger partial charge in [-0.3, -0.25) is 9.48 Å². The third-order valence-corrected chi connectivity index (χ3v) is 4.23. The molecule has 1 aliphatic heterocycles. The zero-order chi connectivity index (χ0) is 19.6. The van der Waals surface area contributed by atoms with Gasteiger partial charge in [0.05, 0.1) is 18.3 Å². The van der Waals surface area contributed by atoms with Gasteiger partial charge in [0.1, 0.15) is 17.7 Å². The van der Waals surface area contributed by atoms with Crippen molar-refractivity contribution in [1.29, 1.82) is 5.26 Å².